The van der Waals surface area contributed by atoms with Crippen LogP contribution in [-0.2, 0) is 10.9 Å². The molecule has 23 heavy (non-hydrogen) atoms. The summed E-state index contributed by atoms with van der Waals surface area (Å²) in [5, 5.41) is 0. The van der Waals surface area contributed by atoms with Crippen molar-refractivity contribution in [2.24, 2.45) is 0 Å². The minimum Gasteiger partial charge on any atom is -0.207 e. The molecule has 0 nitrogen and oxygen atoms in total. The van der Waals surface area contributed by atoms with Gasteiger partial charge in [-0.25, -0.2) is 8.78 Å². The third-order valence-corrected chi connectivity index (χ3v) is 5.89. The lowest BCUT2D eigenvalue weighted by Gasteiger charge is -2.09. The first-order valence-corrected chi connectivity index (χ1v) is 8.60. The molecule has 0 heterocycles. The highest BCUT2D eigenvalue weighted by molar-refractivity contribution is 7.97. The summed E-state index contributed by atoms with van der Waals surface area (Å²) in [4.78, 5) is 2.55. The summed E-state index contributed by atoms with van der Waals surface area (Å²) < 4.78 is 27.7. The number of rotatable bonds is 3. The molecule has 116 valence electrons. The van der Waals surface area contributed by atoms with E-state index in [1.165, 1.54) is 6.07 Å². The molecule has 0 bridgehead atoms. The first-order chi connectivity index (χ1) is 11.0. The maximum absolute atomic E-state index is 14.4. The maximum atomic E-state index is 14.4. The van der Waals surface area contributed by atoms with Gasteiger partial charge in [-0.2, -0.15) is 0 Å². The van der Waals surface area contributed by atoms with Crippen molar-refractivity contribution in [1.82, 2.24) is 0 Å². The van der Waals surface area contributed by atoms with E-state index < -0.39 is 22.5 Å². The first-order valence-electron chi connectivity index (χ1n) is 7.37. The summed E-state index contributed by atoms with van der Waals surface area (Å²) >= 11 is 0. The van der Waals surface area contributed by atoms with E-state index in [1.54, 1.807) is 6.07 Å². The third-order valence-electron chi connectivity index (χ3n) is 3.63. The van der Waals surface area contributed by atoms with Crippen LogP contribution in [0.15, 0.2) is 81.4 Å². The van der Waals surface area contributed by atoms with Crippen molar-refractivity contribution in [2.75, 3.05) is 0 Å². The fourth-order valence-electron chi connectivity index (χ4n) is 2.38. The van der Waals surface area contributed by atoms with Crippen LogP contribution in [0.4, 0.5) is 8.78 Å². The van der Waals surface area contributed by atoms with E-state index in [1.807, 2.05) is 62.4 Å². The van der Waals surface area contributed by atoms with E-state index in [-0.39, 0.29) is 0 Å². The van der Waals surface area contributed by atoms with Crippen molar-refractivity contribution in [3.8, 4) is 0 Å². The van der Waals surface area contributed by atoms with E-state index in [0.29, 0.717) is 4.90 Å². The largest absolute Gasteiger partial charge is 0.207 e. The molecule has 0 aliphatic rings. The molecule has 0 aromatic heterocycles. The van der Waals surface area contributed by atoms with Gasteiger partial charge < -0.3 is 0 Å². The summed E-state index contributed by atoms with van der Waals surface area (Å²) in [6.07, 6.45) is 0. The van der Waals surface area contributed by atoms with Crippen LogP contribution < -0.4 is 0 Å². The second-order valence-corrected chi connectivity index (χ2v) is 7.50. The zero-order chi connectivity index (χ0) is 16.4. The van der Waals surface area contributed by atoms with Gasteiger partial charge >= 0.3 is 0 Å². The van der Waals surface area contributed by atoms with Crippen molar-refractivity contribution < 1.29 is 8.78 Å². The Morgan fingerprint density at radius 2 is 1.13 bits per heavy atom. The highest BCUT2D eigenvalue weighted by atomic mass is 32.2. The fraction of sp³-hybridized carbons (Fsp3) is 0.100. The van der Waals surface area contributed by atoms with Crippen LogP contribution in [0.25, 0.3) is 0 Å². The summed E-state index contributed by atoms with van der Waals surface area (Å²) in [6, 6.07) is 20.0. The van der Waals surface area contributed by atoms with Gasteiger partial charge in [-0.15, -0.1) is 0 Å². The number of hydrogen-bond donors (Lipinski definition) is 0. The lowest BCUT2D eigenvalue weighted by atomic mass is 10.2. The lowest BCUT2D eigenvalue weighted by molar-refractivity contribution is 0.565. The molecule has 0 saturated carbocycles. The summed E-state index contributed by atoms with van der Waals surface area (Å²) in [7, 11) is -0.593. The maximum Gasteiger partial charge on any atom is 0.202 e. The van der Waals surface area contributed by atoms with E-state index in [9.17, 15) is 8.78 Å². The van der Waals surface area contributed by atoms with Crippen LogP contribution in [0.2, 0.25) is 0 Å². The minimum absolute atomic E-state index is 0.505. The van der Waals surface area contributed by atoms with Gasteiger partial charge in [0.15, 0.2) is 15.6 Å². The minimum atomic E-state index is -0.593. The van der Waals surface area contributed by atoms with Crippen LogP contribution in [0, 0.1) is 25.5 Å². The van der Waals surface area contributed by atoms with Crippen molar-refractivity contribution in [2.45, 2.75) is 28.5 Å². The Labute approximate surface area is 138 Å². The topological polar surface area (TPSA) is 0 Å². The molecule has 0 N–H and O–H groups in total. The second kappa shape index (κ2) is 6.55. The predicted molar refractivity (Wildman–Crippen MR) is 90.9 cm³/mol. The van der Waals surface area contributed by atoms with Gasteiger partial charge in [0.25, 0.3) is 0 Å². The van der Waals surface area contributed by atoms with Gasteiger partial charge in [0.2, 0.25) is 4.90 Å². The molecular formula is C20H17F2S+. The highest BCUT2D eigenvalue weighted by Crippen LogP contribution is 2.33. The SMILES string of the molecule is Cc1ccc([S+](c2ccc(C)cc2)c2ccc(F)cc2F)cc1. The molecule has 0 unspecified atom stereocenters. The van der Waals surface area contributed by atoms with Crippen LogP contribution in [0.3, 0.4) is 0 Å². The molecule has 0 amide bonds. The van der Waals surface area contributed by atoms with E-state index in [4.69, 9.17) is 0 Å². The second-order valence-electron chi connectivity index (χ2n) is 5.51. The molecular weight excluding hydrogens is 310 g/mol. The van der Waals surface area contributed by atoms with Gasteiger partial charge in [0, 0.05) is 12.1 Å². The van der Waals surface area contributed by atoms with Gasteiger partial charge in [0.1, 0.15) is 16.7 Å². The Balaban J connectivity index is 2.16. The van der Waals surface area contributed by atoms with Crippen molar-refractivity contribution >= 4 is 10.9 Å². The van der Waals surface area contributed by atoms with E-state index >= 15 is 0 Å². The highest BCUT2D eigenvalue weighted by Gasteiger charge is 2.31. The summed E-state index contributed by atoms with van der Waals surface area (Å²) in [6.45, 7) is 4.04. The molecule has 3 rings (SSSR count). The Morgan fingerprint density at radius 3 is 1.57 bits per heavy atom. The molecule has 0 radical (unpaired) electrons. The van der Waals surface area contributed by atoms with Crippen LogP contribution >= 0.6 is 0 Å². The average Bonchev–Trinajstić information content (AvgIpc) is 2.53. The van der Waals surface area contributed by atoms with Gasteiger partial charge in [0.05, 0.1) is 0 Å². The average molecular weight is 327 g/mol. The Kier molecular flexibility index (Phi) is 4.49. The number of hydrogen-bond acceptors (Lipinski definition) is 0. The zero-order valence-corrected chi connectivity index (χ0v) is 13.8. The molecule has 3 aromatic carbocycles. The van der Waals surface area contributed by atoms with Gasteiger partial charge in [-0.05, 0) is 44.2 Å². The predicted octanol–water partition coefficient (Wildman–Crippen LogP) is 5.68. The smallest absolute Gasteiger partial charge is 0.202 e. The fourth-order valence-corrected chi connectivity index (χ4v) is 4.43. The molecule has 0 aliphatic heterocycles. The number of benzene rings is 3. The third kappa shape index (κ3) is 3.45. The monoisotopic (exact) mass is 327 g/mol. The molecule has 0 aliphatic carbocycles. The number of aryl methyl sites for hydroxylation is 2. The summed E-state index contributed by atoms with van der Waals surface area (Å²) in [5.74, 6) is -1.06. The molecule has 3 aromatic rings. The summed E-state index contributed by atoms with van der Waals surface area (Å²) in [5.41, 5.74) is 2.31. The normalized spacial score (nSPS) is 11.0. The molecule has 0 saturated heterocycles. The Hall–Kier alpha value is -2.13. The van der Waals surface area contributed by atoms with Crippen molar-refractivity contribution in [3.63, 3.8) is 0 Å². The van der Waals surface area contributed by atoms with Crippen molar-refractivity contribution in [3.05, 3.63) is 89.5 Å². The van der Waals surface area contributed by atoms with Gasteiger partial charge in [-0.3, -0.25) is 0 Å². The molecule has 0 atom stereocenters. The quantitative estimate of drug-likeness (QED) is 0.543. The molecule has 3 heteroatoms. The Bertz CT molecular complexity index is 763. The number of halogens is 2. The molecule has 0 spiro atoms. The van der Waals surface area contributed by atoms with Crippen molar-refractivity contribution in [1.29, 1.82) is 0 Å². The lowest BCUT2D eigenvalue weighted by Crippen LogP contribution is -2.07. The zero-order valence-electron chi connectivity index (χ0n) is 13.0. The standard InChI is InChI=1S/C20H17F2S/c1-14-3-8-17(9-4-14)23(18-10-5-15(2)6-11-18)20-12-7-16(21)13-19(20)22/h3-13H,1-2H3/q+1. The van der Waals surface area contributed by atoms with E-state index in [2.05, 4.69) is 0 Å². The molecule has 0 fully saturated rings. The van der Waals surface area contributed by atoms with Crippen LogP contribution in [-0.4, -0.2) is 0 Å². The Morgan fingerprint density at radius 1 is 0.652 bits per heavy atom. The van der Waals surface area contributed by atoms with E-state index in [0.717, 1.165) is 27.0 Å². The van der Waals surface area contributed by atoms with Crippen LogP contribution in [0.5, 0.6) is 0 Å². The first kappa shape index (κ1) is 15.8. The van der Waals surface area contributed by atoms with Gasteiger partial charge in [-0.1, -0.05) is 35.4 Å². The van der Waals surface area contributed by atoms with Crippen LogP contribution in [0.1, 0.15) is 11.1 Å².